The summed E-state index contributed by atoms with van der Waals surface area (Å²) in [5.41, 5.74) is 6.31. The number of rotatable bonds is 3. The molecule has 0 bridgehead atoms. The molecule has 0 saturated heterocycles. The van der Waals surface area contributed by atoms with Gasteiger partial charge in [-0.15, -0.1) is 10.2 Å². The van der Waals surface area contributed by atoms with Crippen LogP contribution < -0.4 is 5.73 Å². The number of hydrogen-bond acceptors (Lipinski definition) is 4. The number of anilines is 1. The highest BCUT2D eigenvalue weighted by Crippen LogP contribution is 2.08. The van der Waals surface area contributed by atoms with Crippen molar-refractivity contribution < 1.29 is 9.18 Å². The van der Waals surface area contributed by atoms with Crippen LogP contribution in [0.15, 0.2) is 36.4 Å². The third-order valence-corrected chi connectivity index (χ3v) is 2.56. The maximum Gasteiger partial charge on any atom is 0.274 e. The molecule has 6 heteroatoms. The summed E-state index contributed by atoms with van der Waals surface area (Å²) < 4.78 is 13.0. The van der Waals surface area contributed by atoms with Crippen molar-refractivity contribution in [1.82, 2.24) is 15.1 Å². The van der Waals surface area contributed by atoms with Crippen molar-refractivity contribution in [2.75, 3.05) is 12.8 Å². The lowest BCUT2D eigenvalue weighted by atomic mass is 10.2. The number of nitrogen functional groups attached to an aromatic ring is 1. The summed E-state index contributed by atoms with van der Waals surface area (Å²) in [6.07, 6.45) is 0. The van der Waals surface area contributed by atoms with E-state index in [0.717, 1.165) is 0 Å². The van der Waals surface area contributed by atoms with Crippen LogP contribution in [0.2, 0.25) is 0 Å². The quantitative estimate of drug-likeness (QED) is 0.907. The van der Waals surface area contributed by atoms with Crippen molar-refractivity contribution in [2.45, 2.75) is 6.54 Å². The minimum atomic E-state index is -0.328. The molecular weight excluding hydrogens is 247 g/mol. The molecule has 0 atom stereocenters. The molecule has 0 unspecified atom stereocenters. The SMILES string of the molecule is CN(Cc1cccc(F)c1)C(=O)c1ccc(N)nn1. The summed E-state index contributed by atoms with van der Waals surface area (Å²) >= 11 is 0. The van der Waals surface area contributed by atoms with Crippen molar-refractivity contribution in [2.24, 2.45) is 0 Å². The maximum absolute atomic E-state index is 13.0. The summed E-state index contributed by atoms with van der Waals surface area (Å²) in [4.78, 5) is 13.5. The van der Waals surface area contributed by atoms with E-state index in [2.05, 4.69) is 10.2 Å². The molecule has 0 saturated carbocycles. The molecule has 2 rings (SSSR count). The second-order valence-corrected chi connectivity index (χ2v) is 4.13. The number of hydrogen-bond donors (Lipinski definition) is 1. The molecule has 1 aromatic carbocycles. The zero-order valence-electron chi connectivity index (χ0n) is 10.4. The first-order valence-corrected chi connectivity index (χ1v) is 5.65. The molecule has 2 N–H and O–H groups in total. The Balaban J connectivity index is 2.09. The molecule has 0 spiro atoms. The molecule has 0 aliphatic carbocycles. The van der Waals surface area contributed by atoms with Crippen LogP contribution in [0.4, 0.5) is 10.2 Å². The van der Waals surface area contributed by atoms with Crippen molar-refractivity contribution >= 4 is 11.7 Å². The standard InChI is InChI=1S/C13H13FN4O/c1-18(8-9-3-2-4-10(14)7-9)13(19)11-5-6-12(15)17-16-11/h2-7H,8H2,1H3,(H2,15,17). The number of benzene rings is 1. The van der Waals surface area contributed by atoms with Gasteiger partial charge in [0.25, 0.3) is 5.91 Å². The molecular formula is C13H13FN4O. The smallest absolute Gasteiger partial charge is 0.274 e. The summed E-state index contributed by atoms with van der Waals surface area (Å²) in [5.74, 6) is -0.369. The first-order chi connectivity index (χ1) is 9.06. The number of amides is 1. The predicted molar refractivity (Wildman–Crippen MR) is 68.6 cm³/mol. The van der Waals surface area contributed by atoms with Gasteiger partial charge < -0.3 is 10.6 Å². The number of carbonyl (C=O) groups is 1. The van der Waals surface area contributed by atoms with Crippen molar-refractivity contribution in [3.8, 4) is 0 Å². The van der Waals surface area contributed by atoms with E-state index in [0.29, 0.717) is 12.1 Å². The molecule has 0 radical (unpaired) electrons. The van der Waals surface area contributed by atoms with Crippen LogP contribution in [0, 0.1) is 5.82 Å². The van der Waals surface area contributed by atoms with Crippen molar-refractivity contribution in [3.63, 3.8) is 0 Å². The Morgan fingerprint density at radius 1 is 1.32 bits per heavy atom. The zero-order chi connectivity index (χ0) is 13.8. The average molecular weight is 260 g/mol. The molecule has 1 heterocycles. The fraction of sp³-hybridized carbons (Fsp3) is 0.154. The lowest BCUT2D eigenvalue weighted by Gasteiger charge is -2.16. The molecule has 1 amide bonds. The number of carbonyl (C=O) groups excluding carboxylic acids is 1. The number of nitrogens with two attached hydrogens (primary N) is 1. The van der Waals surface area contributed by atoms with Gasteiger partial charge in [0.2, 0.25) is 0 Å². The molecule has 1 aromatic heterocycles. The normalized spacial score (nSPS) is 10.2. The fourth-order valence-electron chi connectivity index (χ4n) is 1.63. The Morgan fingerprint density at radius 2 is 2.11 bits per heavy atom. The van der Waals surface area contributed by atoms with E-state index in [-0.39, 0.29) is 23.2 Å². The van der Waals surface area contributed by atoms with Gasteiger partial charge in [-0.1, -0.05) is 12.1 Å². The first-order valence-electron chi connectivity index (χ1n) is 5.65. The molecule has 2 aromatic rings. The van der Waals surface area contributed by atoms with E-state index in [9.17, 15) is 9.18 Å². The Bertz CT molecular complexity index is 585. The number of aromatic nitrogens is 2. The Morgan fingerprint density at radius 3 is 2.74 bits per heavy atom. The van der Waals surface area contributed by atoms with Gasteiger partial charge in [-0.2, -0.15) is 0 Å². The average Bonchev–Trinajstić information content (AvgIpc) is 2.39. The maximum atomic E-state index is 13.0. The van der Waals surface area contributed by atoms with Crippen molar-refractivity contribution in [1.29, 1.82) is 0 Å². The Hall–Kier alpha value is -2.50. The van der Waals surface area contributed by atoms with Crippen LogP contribution in [0.5, 0.6) is 0 Å². The highest BCUT2D eigenvalue weighted by Gasteiger charge is 2.14. The Labute approximate surface area is 109 Å². The summed E-state index contributed by atoms with van der Waals surface area (Å²) in [7, 11) is 1.62. The monoisotopic (exact) mass is 260 g/mol. The lowest BCUT2D eigenvalue weighted by molar-refractivity contribution is 0.0778. The molecule has 0 aliphatic heterocycles. The van der Waals surface area contributed by atoms with E-state index in [4.69, 9.17) is 5.73 Å². The Kier molecular flexibility index (Phi) is 3.70. The van der Waals surface area contributed by atoms with Gasteiger partial charge in [0.15, 0.2) is 5.69 Å². The third-order valence-electron chi connectivity index (χ3n) is 2.56. The fourth-order valence-corrected chi connectivity index (χ4v) is 1.63. The summed E-state index contributed by atoms with van der Waals surface area (Å²) in [6.45, 7) is 0.294. The van der Waals surface area contributed by atoms with Gasteiger partial charge in [0.05, 0.1) is 0 Å². The highest BCUT2D eigenvalue weighted by molar-refractivity contribution is 5.92. The second kappa shape index (κ2) is 5.43. The van der Waals surface area contributed by atoms with E-state index in [1.807, 2.05) is 0 Å². The summed E-state index contributed by atoms with van der Waals surface area (Å²) in [6, 6.07) is 9.12. The van der Waals surface area contributed by atoms with Crippen LogP contribution >= 0.6 is 0 Å². The van der Waals surface area contributed by atoms with Gasteiger partial charge in [0.1, 0.15) is 11.6 Å². The van der Waals surface area contributed by atoms with E-state index in [1.54, 1.807) is 19.2 Å². The van der Waals surface area contributed by atoms with Gasteiger partial charge in [-0.05, 0) is 29.8 Å². The second-order valence-electron chi connectivity index (χ2n) is 4.13. The van der Waals surface area contributed by atoms with E-state index >= 15 is 0 Å². The predicted octanol–water partition coefficient (Wildman–Crippen LogP) is 1.47. The minimum Gasteiger partial charge on any atom is -0.382 e. The van der Waals surface area contributed by atoms with Crippen LogP contribution in [-0.2, 0) is 6.54 Å². The van der Waals surface area contributed by atoms with Gasteiger partial charge >= 0.3 is 0 Å². The molecule has 5 nitrogen and oxygen atoms in total. The number of nitrogens with zero attached hydrogens (tertiary/aromatic N) is 3. The van der Waals surface area contributed by atoms with Gasteiger partial charge in [-0.3, -0.25) is 4.79 Å². The van der Waals surface area contributed by atoms with E-state index < -0.39 is 0 Å². The molecule has 0 aliphatic rings. The number of halogens is 1. The van der Waals surface area contributed by atoms with E-state index in [1.165, 1.54) is 29.2 Å². The highest BCUT2D eigenvalue weighted by atomic mass is 19.1. The van der Waals surface area contributed by atoms with Gasteiger partial charge in [-0.25, -0.2) is 4.39 Å². The zero-order valence-corrected chi connectivity index (χ0v) is 10.4. The van der Waals surface area contributed by atoms with Crippen LogP contribution in [0.3, 0.4) is 0 Å². The van der Waals surface area contributed by atoms with Crippen LogP contribution in [0.25, 0.3) is 0 Å². The summed E-state index contributed by atoms with van der Waals surface area (Å²) in [5, 5.41) is 7.34. The van der Waals surface area contributed by atoms with Gasteiger partial charge in [0, 0.05) is 13.6 Å². The van der Waals surface area contributed by atoms with Crippen LogP contribution in [-0.4, -0.2) is 28.1 Å². The topological polar surface area (TPSA) is 72.1 Å². The molecule has 98 valence electrons. The van der Waals surface area contributed by atoms with Crippen molar-refractivity contribution in [3.05, 3.63) is 53.5 Å². The minimum absolute atomic E-state index is 0.202. The third kappa shape index (κ3) is 3.25. The first kappa shape index (κ1) is 12.9. The lowest BCUT2D eigenvalue weighted by Crippen LogP contribution is -2.27. The largest absolute Gasteiger partial charge is 0.382 e. The van der Waals surface area contributed by atoms with Crippen LogP contribution in [0.1, 0.15) is 16.1 Å². The molecule has 0 fully saturated rings. The molecule has 19 heavy (non-hydrogen) atoms.